The lowest BCUT2D eigenvalue weighted by molar-refractivity contribution is -0.386. The standard InChI is InChI=1S/C13H18N2O5S/c1-9-4-3-5-10(2)14(9)21(19,20)11-6-7-13(16)12(8-11)15(17)18/h6-10,16H,3-5H2,1-2H3. The number of phenols is 1. The van der Waals surface area contributed by atoms with Gasteiger partial charge in [0.05, 0.1) is 9.82 Å². The Hall–Kier alpha value is -1.67. The van der Waals surface area contributed by atoms with Gasteiger partial charge in [0.2, 0.25) is 10.0 Å². The van der Waals surface area contributed by atoms with Crippen LogP contribution in [0, 0.1) is 10.1 Å². The third-order valence-corrected chi connectivity index (χ3v) is 5.96. The van der Waals surface area contributed by atoms with Crippen LogP contribution in [0.25, 0.3) is 0 Å². The van der Waals surface area contributed by atoms with Gasteiger partial charge in [0.25, 0.3) is 0 Å². The predicted molar refractivity (Wildman–Crippen MR) is 76.6 cm³/mol. The zero-order valence-electron chi connectivity index (χ0n) is 11.9. The van der Waals surface area contributed by atoms with Crippen molar-refractivity contribution in [3.05, 3.63) is 28.3 Å². The molecule has 2 atom stereocenters. The third kappa shape index (κ3) is 2.86. The molecule has 7 nitrogen and oxygen atoms in total. The van der Waals surface area contributed by atoms with Crippen LogP contribution in [0.2, 0.25) is 0 Å². The summed E-state index contributed by atoms with van der Waals surface area (Å²) >= 11 is 0. The van der Waals surface area contributed by atoms with Crippen LogP contribution in [0.4, 0.5) is 5.69 Å². The van der Waals surface area contributed by atoms with Crippen molar-refractivity contribution in [2.24, 2.45) is 0 Å². The number of aromatic hydroxyl groups is 1. The van der Waals surface area contributed by atoms with E-state index < -0.39 is 26.4 Å². The van der Waals surface area contributed by atoms with Gasteiger partial charge in [-0.05, 0) is 38.8 Å². The van der Waals surface area contributed by atoms with E-state index in [9.17, 15) is 23.6 Å². The topological polar surface area (TPSA) is 101 Å². The maximum atomic E-state index is 12.7. The Bertz CT molecular complexity index is 649. The first-order valence-electron chi connectivity index (χ1n) is 6.76. The lowest BCUT2D eigenvalue weighted by Gasteiger charge is -2.37. The Balaban J connectivity index is 2.48. The second-order valence-corrected chi connectivity index (χ2v) is 7.21. The first-order chi connectivity index (χ1) is 9.75. The van der Waals surface area contributed by atoms with Crippen molar-refractivity contribution in [3.8, 4) is 5.75 Å². The quantitative estimate of drug-likeness (QED) is 0.681. The molecule has 1 N–H and O–H groups in total. The molecule has 1 aliphatic heterocycles. The van der Waals surface area contributed by atoms with E-state index in [1.54, 1.807) is 0 Å². The van der Waals surface area contributed by atoms with Gasteiger partial charge in [-0.15, -0.1) is 0 Å². The zero-order valence-corrected chi connectivity index (χ0v) is 12.7. The number of hydrogen-bond acceptors (Lipinski definition) is 5. The van der Waals surface area contributed by atoms with Crippen LogP contribution in [0.1, 0.15) is 33.1 Å². The second kappa shape index (κ2) is 5.61. The maximum absolute atomic E-state index is 12.7. The fraction of sp³-hybridized carbons (Fsp3) is 0.538. The van der Waals surface area contributed by atoms with Gasteiger partial charge in [0.15, 0.2) is 5.75 Å². The molecule has 1 fully saturated rings. The van der Waals surface area contributed by atoms with Crippen LogP contribution in [0.15, 0.2) is 23.1 Å². The molecule has 1 saturated heterocycles. The van der Waals surface area contributed by atoms with Crippen molar-refractivity contribution in [1.82, 2.24) is 4.31 Å². The summed E-state index contributed by atoms with van der Waals surface area (Å²) in [5, 5.41) is 20.3. The molecule has 0 radical (unpaired) electrons. The van der Waals surface area contributed by atoms with Gasteiger partial charge in [-0.25, -0.2) is 8.42 Å². The molecule has 21 heavy (non-hydrogen) atoms. The molecule has 1 aromatic rings. The van der Waals surface area contributed by atoms with Crippen LogP contribution >= 0.6 is 0 Å². The molecule has 0 amide bonds. The van der Waals surface area contributed by atoms with Gasteiger partial charge in [0.1, 0.15) is 0 Å². The van der Waals surface area contributed by atoms with Gasteiger partial charge < -0.3 is 5.11 Å². The minimum absolute atomic E-state index is 0.147. The average Bonchev–Trinajstić information content (AvgIpc) is 2.38. The molecule has 0 aliphatic carbocycles. The van der Waals surface area contributed by atoms with Crippen molar-refractivity contribution in [1.29, 1.82) is 0 Å². The van der Waals surface area contributed by atoms with Crippen molar-refractivity contribution in [3.63, 3.8) is 0 Å². The molecule has 8 heteroatoms. The summed E-state index contributed by atoms with van der Waals surface area (Å²) in [7, 11) is -3.82. The highest BCUT2D eigenvalue weighted by Gasteiger charge is 2.36. The summed E-state index contributed by atoms with van der Waals surface area (Å²) in [6.45, 7) is 3.67. The SMILES string of the molecule is CC1CCCC(C)N1S(=O)(=O)c1ccc(O)c([N+](=O)[O-])c1. The van der Waals surface area contributed by atoms with E-state index >= 15 is 0 Å². The van der Waals surface area contributed by atoms with Crippen LogP contribution in [0.3, 0.4) is 0 Å². The molecular formula is C13H18N2O5S. The van der Waals surface area contributed by atoms with Crippen LogP contribution in [-0.4, -0.2) is 34.8 Å². The number of nitro groups is 1. The van der Waals surface area contributed by atoms with Crippen molar-refractivity contribution in [2.75, 3.05) is 0 Å². The van der Waals surface area contributed by atoms with E-state index in [0.29, 0.717) is 0 Å². The van der Waals surface area contributed by atoms with Crippen LogP contribution in [0.5, 0.6) is 5.75 Å². The van der Waals surface area contributed by atoms with E-state index in [4.69, 9.17) is 0 Å². The second-order valence-electron chi connectivity index (χ2n) is 5.37. The maximum Gasteiger partial charge on any atom is 0.312 e. The van der Waals surface area contributed by atoms with Crippen molar-refractivity contribution in [2.45, 2.75) is 50.1 Å². The largest absolute Gasteiger partial charge is 0.502 e. The highest BCUT2D eigenvalue weighted by atomic mass is 32.2. The fourth-order valence-electron chi connectivity index (χ4n) is 2.80. The molecule has 0 spiro atoms. The summed E-state index contributed by atoms with van der Waals surface area (Å²) in [5.74, 6) is -0.543. The summed E-state index contributed by atoms with van der Waals surface area (Å²) < 4.78 is 26.8. The number of hydrogen-bond donors (Lipinski definition) is 1. The lowest BCUT2D eigenvalue weighted by Crippen LogP contribution is -2.47. The third-order valence-electron chi connectivity index (χ3n) is 3.83. The Morgan fingerprint density at radius 1 is 1.29 bits per heavy atom. The van der Waals surface area contributed by atoms with Crippen LogP contribution < -0.4 is 0 Å². The highest BCUT2D eigenvalue weighted by molar-refractivity contribution is 7.89. The number of rotatable bonds is 3. The molecular weight excluding hydrogens is 296 g/mol. The first kappa shape index (κ1) is 15.7. The monoisotopic (exact) mass is 314 g/mol. The Morgan fingerprint density at radius 2 is 1.86 bits per heavy atom. The van der Waals surface area contributed by atoms with Gasteiger partial charge >= 0.3 is 5.69 Å². The van der Waals surface area contributed by atoms with Gasteiger partial charge in [-0.2, -0.15) is 4.31 Å². The number of nitro benzene ring substituents is 1. The summed E-state index contributed by atoms with van der Waals surface area (Å²) in [4.78, 5) is 9.89. The number of piperidine rings is 1. The summed E-state index contributed by atoms with van der Waals surface area (Å²) in [5.41, 5.74) is -0.603. The number of benzene rings is 1. The normalized spacial score (nSPS) is 23.9. The number of nitrogens with zero attached hydrogens (tertiary/aromatic N) is 2. The van der Waals surface area contributed by atoms with Crippen molar-refractivity contribution >= 4 is 15.7 Å². The molecule has 1 aromatic carbocycles. The highest BCUT2D eigenvalue weighted by Crippen LogP contribution is 2.33. The Labute approximate surface area is 123 Å². The molecule has 1 aliphatic rings. The van der Waals surface area contributed by atoms with E-state index in [2.05, 4.69) is 0 Å². The minimum atomic E-state index is -3.82. The summed E-state index contributed by atoms with van der Waals surface area (Å²) in [6, 6.07) is 2.87. The molecule has 2 unspecified atom stereocenters. The van der Waals surface area contributed by atoms with E-state index in [-0.39, 0.29) is 17.0 Å². The van der Waals surface area contributed by atoms with E-state index in [0.717, 1.165) is 31.4 Å². The van der Waals surface area contributed by atoms with Crippen LogP contribution in [-0.2, 0) is 10.0 Å². The van der Waals surface area contributed by atoms with Crippen molar-refractivity contribution < 1.29 is 18.4 Å². The Morgan fingerprint density at radius 3 is 2.38 bits per heavy atom. The number of phenolic OH excluding ortho intramolecular Hbond substituents is 1. The zero-order chi connectivity index (χ0) is 15.8. The molecule has 2 rings (SSSR count). The first-order valence-corrected chi connectivity index (χ1v) is 8.20. The molecule has 116 valence electrons. The minimum Gasteiger partial charge on any atom is -0.502 e. The van der Waals surface area contributed by atoms with E-state index in [1.165, 1.54) is 10.4 Å². The van der Waals surface area contributed by atoms with Gasteiger partial charge in [0, 0.05) is 18.2 Å². The summed E-state index contributed by atoms with van der Waals surface area (Å²) in [6.07, 6.45) is 2.50. The Kier molecular flexibility index (Phi) is 4.20. The molecule has 0 saturated carbocycles. The van der Waals surface area contributed by atoms with Gasteiger partial charge in [-0.1, -0.05) is 6.42 Å². The smallest absolute Gasteiger partial charge is 0.312 e. The van der Waals surface area contributed by atoms with Gasteiger partial charge in [-0.3, -0.25) is 10.1 Å². The average molecular weight is 314 g/mol. The molecule has 0 bridgehead atoms. The fourth-order valence-corrected chi connectivity index (χ4v) is 4.71. The number of sulfonamides is 1. The molecule has 1 heterocycles. The lowest BCUT2D eigenvalue weighted by atomic mass is 10.0. The predicted octanol–water partition coefficient (Wildman–Crippen LogP) is 2.25. The van der Waals surface area contributed by atoms with E-state index in [1.807, 2.05) is 13.8 Å². The molecule has 0 aromatic heterocycles.